The highest BCUT2D eigenvalue weighted by Crippen LogP contribution is 2.21. The van der Waals surface area contributed by atoms with Crippen molar-refractivity contribution in [3.05, 3.63) is 36.0 Å². The van der Waals surface area contributed by atoms with Crippen LogP contribution in [0.3, 0.4) is 0 Å². The molecule has 0 bridgehead atoms. The summed E-state index contributed by atoms with van der Waals surface area (Å²) in [4.78, 5) is 0. The summed E-state index contributed by atoms with van der Waals surface area (Å²) in [6.07, 6.45) is 4.27. The Labute approximate surface area is 127 Å². The van der Waals surface area contributed by atoms with Crippen molar-refractivity contribution in [2.24, 2.45) is 0 Å². The van der Waals surface area contributed by atoms with Crippen LogP contribution in [-0.4, -0.2) is 45.1 Å². The fourth-order valence-electron chi connectivity index (χ4n) is 2.54. The van der Waals surface area contributed by atoms with Gasteiger partial charge in [0.15, 0.2) is 0 Å². The molecule has 0 aliphatic carbocycles. The lowest BCUT2D eigenvalue weighted by Gasteiger charge is -2.06. The van der Waals surface area contributed by atoms with E-state index in [1.807, 2.05) is 7.05 Å². The first kappa shape index (κ1) is 16.0. The molecule has 116 valence electrons. The zero-order valence-electron chi connectivity index (χ0n) is 13.1. The van der Waals surface area contributed by atoms with Crippen molar-refractivity contribution in [2.75, 3.05) is 40.5 Å². The SMILES string of the molecule is CNCCc1cn(CCOCCCOC)c2ccccc12. The minimum Gasteiger partial charge on any atom is -0.385 e. The monoisotopic (exact) mass is 290 g/mol. The summed E-state index contributed by atoms with van der Waals surface area (Å²) < 4.78 is 13.0. The molecule has 2 aromatic rings. The molecule has 4 nitrogen and oxygen atoms in total. The Bertz CT molecular complexity index is 537. The van der Waals surface area contributed by atoms with Crippen LogP contribution >= 0.6 is 0 Å². The van der Waals surface area contributed by atoms with Crippen molar-refractivity contribution in [1.29, 1.82) is 0 Å². The van der Waals surface area contributed by atoms with Crippen LogP contribution in [-0.2, 0) is 22.4 Å². The van der Waals surface area contributed by atoms with Gasteiger partial charge in [-0.05, 0) is 38.1 Å². The average molecular weight is 290 g/mol. The highest BCUT2D eigenvalue weighted by atomic mass is 16.5. The Morgan fingerprint density at radius 3 is 2.81 bits per heavy atom. The number of benzene rings is 1. The van der Waals surface area contributed by atoms with Gasteiger partial charge in [-0.2, -0.15) is 0 Å². The molecule has 0 aliphatic rings. The molecule has 21 heavy (non-hydrogen) atoms. The summed E-state index contributed by atoms with van der Waals surface area (Å²) in [6, 6.07) is 8.59. The quantitative estimate of drug-likeness (QED) is 0.683. The van der Waals surface area contributed by atoms with E-state index in [0.29, 0.717) is 0 Å². The van der Waals surface area contributed by atoms with Crippen molar-refractivity contribution in [1.82, 2.24) is 9.88 Å². The second kappa shape index (κ2) is 8.82. The summed E-state index contributed by atoms with van der Waals surface area (Å²) in [5.74, 6) is 0. The van der Waals surface area contributed by atoms with Gasteiger partial charge >= 0.3 is 0 Å². The minimum atomic E-state index is 0.744. The molecule has 0 fully saturated rings. The maximum Gasteiger partial charge on any atom is 0.0645 e. The molecule has 2 rings (SSSR count). The number of para-hydroxylation sites is 1. The summed E-state index contributed by atoms with van der Waals surface area (Å²) in [7, 11) is 3.71. The van der Waals surface area contributed by atoms with Crippen molar-refractivity contribution >= 4 is 10.9 Å². The van der Waals surface area contributed by atoms with E-state index in [1.54, 1.807) is 7.11 Å². The summed E-state index contributed by atoms with van der Waals surface area (Å²) in [5.41, 5.74) is 2.70. The number of likely N-dealkylation sites (N-methyl/N-ethyl adjacent to an activating group) is 1. The largest absolute Gasteiger partial charge is 0.385 e. The van der Waals surface area contributed by atoms with Gasteiger partial charge in [0.2, 0.25) is 0 Å². The first-order chi connectivity index (χ1) is 10.4. The molecule has 0 saturated heterocycles. The third-order valence-corrected chi connectivity index (χ3v) is 3.63. The Morgan fingerprint density at radius 1 is 1.14 bits per heavy atom. The molecule has 1 aromatic heterocycles. The second-order valence-corrected chi connectivity index (χ2v) is 5.18. The van der Waals surface area contributed by atoms with Gasteiger partial charge < -0.3 is 19.4 Å². The zero-order valence-corrected chi connectivity index (χ0v) is 13.1. The van der Waals surface area contributed by atoms with Gasteiger partial charge in [-0.25, -0.2) is 0 Å². The van der Waals surface area contributed by atoms with Crippen LogP contribution in [0.1, 0.15) is 12.0 Å². The number of ether oxygens (including phenoxy) is 2. The minimum absolute atomic E-state index is 0.744. The van der Waals surface area contributed by atoms with Crippen LogP contribution in [0.15, 0.2) is 30.5 Å². The number of hydrogen-bond acceptors (Lipinski definition) is 3. The van der Waals surface area contributed by atoms with E-state index in [1.165, 1.54) is 16.5 Å². The summed E-state index contributed by atoms with van der Waals surface area (Å²) in [5, 5.41) is 4.57. The number of aromatic nitrogens is 1. The lowest BCUT2D eigenvalue weighted by molar-refractivity contribution is 0.0982. The predicted octanol–water partition coefficient (Wildman–Crippen LogP) is 2.46. The van der Waals surface area contributed by atoms with Crippen LogP contribution in [0.2, 0.25) is 0 Å². The van der Waals surface area contributed by atoms with E-state index in [0.717, 1.165) is 45.8 Å². The Balaban J connectivity index is 1.95. The molecule has 0 aliphatic heterocycles. The number of fused-ring (bicyclic) bond motifs is 1. The average Bonchev–Trinajstić information content (AvgIpc) is 2.87. The van der Waals surface area contributed by atoms with E-state index >= 15 is 0 Å². The number of nitrogens with one attached hydrogen (secondary N) is 1. The fourth-order valence-corrected chi connectivity index (χ4v) is 2.54. The number of methoxy groups -OCH3 is 1. The van der Waals surface area contributed by atoms with Gasteiger partial charge in [0, 0.05) is 44.0 Å². The summed E-state index contributed by atoms with van der Waals surface area (Å²) in [6.45, 7) is 4.17. The molecule has 4 heteroatoms. The maximum atomic E-state index is 5.67. The molecular weight excluding hydrogens is 264 g/mol. The van der Waals surface area contributed by atoms with Crippen LogP contribution in [0, 0.1) is 0 Å². The van der Waals surface area contributed by atoms with Gasteiger partial charge in [-0.15, -0.1) is 0 Å². The van der Waals surface area contributed by atoms with Crippen molar-refractivity contribution in [3.8, 4) is 0 Å². The first-order valence-electron chi connectivity index (χ1n) is 7.65. The fraction of sp³-hybridized carbons (Fsp3) is 0.529. The summed E-state index contributed by atoms with van der Waals surface area (Å²) >= 11 is 0. The highest BCUT2D eigenvalue weighted by molar-refractivity contribution is 5.84. The molecule has 0 unspecified atom stereocenters. The highest BCUT2D eigenvalue weighted by Gasteiger charge is 2.07. The van der Waals surface area contributed by atoms with Crippen LogP contribution < -0.4 is 5.32 Å². The topological polar surface area (TPSA) is 35.4 Å². The van der Waals surface area contributed by atoms with Gasteiger partial charge in [0.1, 0.15) is 0 Å². The molecule has 0 radical (unpaired) electrons. The van der Waals surface area contributed by atoms with E-state index in [-0.39, 0.29) is 0 Å². The molecule has 0 atom stereocenters. The normalized spacial score (nSPS) is 11.3. The van der Waals surface area contributed by atoms with Crippen LogP contribution in [0.4, 0.5) is 0 Å². The standard InChI is InChI=1S/C17H26N2O2/c1-18-9-8-15-14-19(10-13-21-12-5-11-20-2)17-7-4-3-6-16(15)17/h3-4,6-7,14,18H,5,8-13H2,1-2H3. The van der Waals surface area contributed by atoms with E-state index in [9.17, 15) is 0 Å². The molecule has 1 aromatic carbocycles. The van der Waals surface area contributed by atoms with Crippen LogP contribution in [0.5, 0.6) is 0 Å². The number of hydrogen-bond donors (Lipinski definition) is 1. The molecule has 0 amide bonds. The number of nitrogens with zero attached hydrogens (tertiary/aromatic N) is 1. The Morgan fingerprint density at radius 2 is 2.00 bits per heavy atom. The predicted molar refractivity (Wildman–Crippen MR) is 86.9 cm³/mol. The maximum absolute atomic E-state index is 5.67. The van der Waals surface area contributed by atoms with Gasteiger partial charge in [-0.1, -0.05) is 18.2 Å². The smallest absolute Gasteiger partial charge is 0.0645 e. The zero-order chi connectivity index (χ0) is 14.9. The van der Waals surface area contributed by atoms with Gasteiger partial charge in [0.25, 0.3) is 0 Å². The van der Waals surface area contributed by atoms with E-state index < -0.39 is 0 Å². The Hall–Kier alpha value is -1.36. The molecular formula is C17H26N2O2. The second-order valence-electron chi connectivity index (χ2n) is 5.18. The van der Waals surface area contributed by atoms with Gasteiger partial charge in [0.05, 0.1) is 6.61 Å². The van der Waals surface area contributed by atoms with Crippen LogP contribution in [0.25, 0.3) is 10.9 Å². The lowest BCUT2D eigenvalue weighted by Crippen LogP contribution is -2.10. The molecule has 0 spiro atoms. The third-order valence-electron chi connectivity index (χ3n) is 3.63. The molecule has 1 N–H and O–H groups in total. The molecule has 1 heterocycles. The Kier molecular flexibility index (Phi) is 6.73. The molecule has 0 saturated carbocycles. The van der Waals surface area contributed by atoms with Crippen molar-refractivity contribution in [2.45, 2.75) is 19.4 Å². The van der Waals surface area contributed by atoms with E-state index in [4.69, 9.17) is 9.47 Å². The number of rotatable bonds is 10. The van der Waals surface area contributed by atoms with Gasteiger partial charge in [-0.3, -0.25) is 0 Å². The lowest BCUT2D eigenvalue weighted by atomic mass is 10.1. The third kappa shape index (κ3) is 4.56. The van der Waals surface area contributed by atoms with E-state index in [2.05, 4.69) is 40.3 Å². The van der Waals surface area contributed by atoms with Crippen molar-refractivity contribution < 1.29 is 9.47 Å². The first-order valence-corrected chi connectivity index (χ1v) is 7.65. The van der Waals surface area contributed by atoms with Crippen molar-refractivity contribution in [3.63, 3.8) is 0 Å².